The van der Waals surface area contributed by atoms with Gasteiger partial charge in [-0.1, -0.05) is 29.8 Å². The van der Waals surface area contributed by atoms with Crippen molar-refractivity contribution in [3.05, 3.63) is 35.4 Å². The topological polar surface area (TPSA) is 29.1 Å². The van der Waals surface area contributed by atoms with Crippen molar-refractivity contribution in [2.24, 2.45) is 5.41 Å². The molecule has 1 aliphatic heterocycles. The van der Waals surface area contributed by atoms with Crippen molar-refractivity contribution in [1.82, 2.24) is 5.32 Å². The molecule has 1 aliphatic rings. The third-order valence-electron chi connectivity index (χ3n) is 2.99. The van der Waals surface area contributed by atoms with E-state index in [1.54, 1.807) is 0 Å². The molecule has 14 heavy (non-hydrogen) atoms. The van der Waals surface area contributed by atoms with Crippen LogP contribution in [-0.4, -0.2) is 5.91 Å². The van der Waals surface area contributed by atoms with Crippen LogP contribution in [-0.2, 0) is 4.79 Å². The zero-order valence-electron chi connectivity index (χ0n) is 8.79. The Morgan fingerprint density at radius 2 is 1.79 bits per heavy atom. The van der Waals surface area contributed by atoms with E-state index in [0.29, 0.717) is 0 Å². The normalized spacial score (nSPS) is 23.9. The van der Waals surface area contributed by atoms with Crippen LogP contribution < -0.4 is 5.32 Å². The van der Waals surface area contributed by atoms with Gasteiger partial charge in [0.15, 0.2) is 0 Å². The molecule has 0 aliphatic carbocycles. The van der Waals surface area contributed by atoms with E-state index in [1.165, 1.54) is 11.1 Å². The zero-order valence-corrected chi connectivity index (χ0v) is 8.79. The summed E-state index contributed by atoms with van der Waals surface area (Å²) >= 11 is 0. The quantitative estimate of drug-likeness (QED) is 0.674. The van der Waals surface area contributed by atoms with Crippen LogP contribution in [0.1, 0.15) is 31.0 Å². The summed E-state index contributed by atoms with van der Waals surface area (Å²) in [7, 11) is 0. The minimum Gasteiger partial charge on any atom is -0.348 e. The summed E-state index contributed by atoms with van der Waals surface area (Å²) in [5.41, 5.74) is 2.19. The van der Waals surface area contributed by atoms with Crippen molar-refractivity contribution in [2.45, 2.75) is 26.8 Å². The average molecular weight is 189 g/mol. The van der Waals surface area contributed by atoms with Gasteiger partial charge in [0.25, 0.3) is 0 Å². The molecule has 1 aromatic carbocycles. The SMILES string of the molecule is Cc1ccc(C2NC(=O)C2(C)C)cc1. The average Bonchev–Trinajstić information content (AvgIpc) is 2.16. The van der Waals surface area contributed by atoms with Gasteiger partial charge < -0.3 is 5.32 Å². The number of β-lactam (4-membered cyclic amide) rings is 1. The van der Waals surface area contributed by atoms with Crippen molar-refractivity contribution in [3.8, 4) is 0 Å². The largest absolute Gasteiger partial charge is 0.348 e. The van der Waals surface area contributed by atoms with Crippen LogP contribution in [0.5, 0.6) is 0 Å². The van der Waals surface area contributed by atoms with Crippen LogP contribution >= 0.6 is 0 Å². The van der Waals surface area contributed by atoms with E-state index in [-0.39, 0.29) is 17.4 Å². The first-order valence-corrected chi connectivity index (χ1v) is 4.89. The molecule has 2 nitrogen and oxygen atoms in total. The summed E-state index contributed by atoms with van der Waals surface area (Å²) in [4.78, 5) is 11.3. The monoisotopic (exact) mass is 189 g/mol. The summed E-state index contributed by atoms with van der Waals surface area (Å²) in [5.74, 6) is 0.142. The standard InChI is InChI=1S/C12H15NO/c1-8-4-6-9(7-5-8)10-12(2,3)11(14)13-10/h4-7,10H,1-3H3,(H,13,14). The highest BCUT2D eigenvalue weighted by molar-refractivity contribution is 5.89. The second kappa shape index (κ2) is 2.84. The Bertz CT molecular complexity index is 364. The van der Waals surface area contributed by atoms with E-state index in [4.69, 9.17) is 0 Å². The molecule has 1 unspecified atom stereocenters. The van der Waals surface area contributed by atoms with E-state index in [9.17, 15) is 4.79 Å². The van der Waals surface area contributed by atoms with Gasteiger partial charge in [-0.05, 0) is 26.3 Å². The molecule has 1 heterocycles. The lowest BCUT2D eigenvalue weighted by molar-refractivity contribution is -0.143. The van der Waals surface area contributed by atoms with E-state index in [1.807, 2.05) is 13.8 Å². The van der Waals surface area contributed by atoms with Gasteiger partial charge in [-0.3, -0.25) is 4.79 Å². The lowest BCUT2D eigenvalue weighted by Crippen LogP contribution is -2.57. The van der Waals surface area contributed by atoms with E-state index >= 15 is 0 Å². The minimum absolute atomic E-state index is 0.142. The first-order valence-electron chi connectivity index (χ1n) is 4.89. The number of hydrogen-bond donors (Lipinski definition) is 1. The number of benzene rings is 1. The summed E-state index contributed by atoms with van der Waals surface area (Å²) in [6.07, 6.45) is 0. The number of nitrogens with one attached hydrogen (secondary N) is 1. The van der Waals surface area contributed by atoms with Gasteiger partial charge in [-0.2, -0.15) is 0 Å². The fraction of sp³-hybridized carbons (Fsp3) is 0.417. The smallest absolute Gasteiger partial charge is 0.228 e. The predicted molar refractivity (Wildman–Crippen MR) is 55.8 cm³/mol. The van der Waals surface area contributed by atoms with E-state index < -0.39 is 0 Å². The number of carbonyl (C=O) groups excluding carboxylic acids is 1. The molecule has 1 amide bonds. The Morgan fingerprint density at radius 1 is 1.21 bits per heavy atom. The number of carbonyl (C=O) groups is 1. The highest BCUT2D eigenvalue weighted by atomic mass is 16.2. The van der Waals surface area contributed by atoms with Crippen molar-refractivity contribution in [2.75, 3.05) is 0 Å². The summed E-state index contributed by atoms with van der Waals surface area (Å²) in [6.45, 7) is 6.03. The zero-order chi connectivity index (χ0) is 10.3. The molecule has 0 bridgehead atoms. The van der Waals surface area contributed by atoms with Crippen LogP contribution in [0.25, 0.3) is 0 Å². The lowest BCUT2D eigenvalue weighted by atomic mass is 9.73. The molecule has 2 heteroatoms. The minimum atomic E-state index is -0.255. The van der Waals surface area contributed by atoms with Gasteiger partial charge in [0.1, 0.15) is 0 Å². The van der Waals surface area contributed by atoms with Gasteiger partial charge >= 0.3 is 0 Å². The molecule has 1 fully saturated rings. The van der Waals surface area contributed by atoms with Crippen LogP contribution in [0.15, 0.2) is 24.3 Å². The van der Waals surface area contributed by atoms with Crippen molar-refractivity contribution in [3.63, 3.8) is 0 Å². The molecule has 2 rings (SSSR count). The second-order valence-corrected chi connectivity index (χ2v) is 4.54. The first kappa shape index (κ1) is 9.25. The summed E-state index contributed by atoms with van der Waals surface area (Å²) < 4.78 is 0. The molecule has 1 atom stereocenters. The second-order valence-electron chi connectivity index (χ2n) is 4.54. The molecule has 74 valence electrons. The third-order valence-corrected chi connectivity index (χ3v) is 2.99. The van der Waals surface area contributed by atoms with Gasteiger partial charge in [0, 0.05) is 0 Å². The van der Waals surface area contributed by atoms with Gasteiger partial charge in [0.05, 0.1) is 11.5 Å². The highest BCUT2D eigenvalue weighted by Gasteiger charge is 2.47. The Labute approximate surface area is 84.3 Å². The molecule has 1 aromatic rings. The Balaban J connectivity index is 2.26. The van der Waals surface area contributed by atoms with E-state index in [2.05, 4.69) is 36.5 Å². The Morgan fingerprint density at radius 3 is 2.21 bits per heavy atom. The van der Waals surface area contributed by atoms with Crippen LogP contribution in [0, 0.1) is 12.3 Å². The molecule has 1 saturated heterocycles. The fourth-order valence-corrected chi connectivity index (χ4v) is 1.81. The van der Waals surface area contributed by atoms with Crippen molar-refractivity contribution >= 4 is 5.91 Å². The number of rotatable bonds is 1. The van der Waals surface area contributed by atoms with Crippen LogP contribution in [0.3, 0.4) is 0 Å². The van der Waals surface area contributed by atoms with Crippen molar-refractivity contribution < 1.29 is 4.79 Å². The fourth-order valence-electron chi connectivity index (χ4n) is 1.81. The van der Waals surface area contributed by atoms with Gasteiger partial charge in [0.2, 0.25) is 5.91 Å². The third kappa shape index (κ3) is 1.22. The lowest BCUT2D eigenvalue weighted by Gasteiger charge is -2.44. The number of amides is 1. The van der Waals surface area contributed by atoms with Gasteiger partial charge in [-0.15, -0.1) is 0 Å². The van der Waals surface area contributed by atoms with Crippen molar-refractivity contribution in [1.29, 1.82) is 0 Å². The molecule has 0 aromatic heterocycles. The predicted octanol–water partition coefficient (Wildman–Crippen LogP) is 2.19. The number of hydrogen-bond acceptors (Lipinski definition) is 1. The van der Waals surface area contributed by atoms with Crippen LogP contribution in [0.2, 0.25) is 0 Å². The van der Waals surface area contributed by atoms with Gasteiger partial charge in [-0.25, -0.2) is 0 Å². The van der Waals surface area contributed by atoms with Crippen LogP contribution in [0.4, 0.5) is 0 Å². The maximum atomic E-state index is 11.3. The molecular formula is C12H15NO. The number of aryl methyl sites for hydroxylation is 1. The Kier molecular flexibility index (Phi) is 1.88. The Hall–Kier alpha value is -1.31. The molecule has 0 saturated carbocycles. The summed E-state index contributed by atoms with van der Waals surface area (Å²) in [5, 5.41) is 2.93. The molecule has 1 N–H and O–H groups in total. The summed E-state index contributed by atoms with van der Waals surface area (Å²) in [6, 6.07) is 8.50. The maximum absolute atomic E-state index is 11.3. The van der Waals surface area contributed by atoms with E-state index in [0.717, 1.165) is 0 Å². The molecule has 0 spiro atoms. The maximum Gasteiger partial charge on any atom is 0.228 e. The first-order chi connectivity index (χ1) is 6.51. The molecule has 0 radical (unpaired) electrons. The molecular weight excluding hydrogens is 174 g/mol. The highest BCUT2D eigenvalue weighted by Crippen LogP contribution is 2.41.